The van der Waals surface area contributed by atoms with Gasteiger partial charge in [-0.2, -0.15) is 0 Å². The summed E-state index contributed by atoms with van der Waals surface area (Å²) in [5, 5.41) is 11.5. The van der Waals surface area contributed by atoms with Gasteiger partial charge in [0.1, 0.15) is 11.7 Å². The zero-order valence-electron chi connectivity index (χ0n) is 13.5. The van der Waals surface area contributed by atoms with Gasteiger partial charge in [0.2, 0.25) is 5.91 Å². The number of hydrogen-bond donors (Lipinski definition) is 2. The number of carboxylic acids is 1. The maximum absolute atomic E-state index is 12.6. The van der Waals surface area contributed by atoms with Crippen LogP contribution in [0.2, 0.25) is 0 Å². The first kappa shape index (κ1) is 16.6. The number of aromatic carboxylic acids is 1. The Morgan fingerprint density at radius 2 is 1.92 bits per heavy atom. The van der Waals surface area contributed by atoms with E-state index in [1.807, 2.05) is 37.3 Å². The van der Waals surface area contributed by atoms with E-state index < -0.39 is 17.9 Å². The number of benzene rings is 1. The smallest absolute Gasteiger partial charge is 0.354 e. The average molecular weight is 339 g/mol. The van der Waals surface area contributed by atoms with Crippen molar-refractivity contribution < 1.29 is 19.5 Å². The van der Waals surface area contributed by atoms with Crippen LogP contribution in [-0.4, -0.2) is 40.0 Å². The number of aromatic nitrogens is 1. The van der Waals surface area contributed by atoms with Crippen molar-refractivity contribution in [3.05, 3.63) is 59.9 Å². The van der Waals surface area contributed by atoms with E-state index in [-0.39, 0.29) is 23.2 Å². The summed E-state index contributed by atoms with van der Waals surface area (Å²) >= 11 is 0. The second-order valence-corrected chi connectivity index (χ2v) is 5.89. The zero-order valence-corrected chi connectivity index (χ0v) is 13.5. The number of carboxylic acid groups (broad SMARTS) is 1. The molecule has 0 radical (unpaired) electrons. The number of para-hydroxylation sites is 1. The number of nitrogens with zero attached hydrogens (tertiary/aromatic N) is 2. The summed E-state index contributed by atoms with van der Waals surface area (Å²) in [5.41, 5.74) is 0.866. The minimum absolute atomic E-state index is 0.0345. The molecule has 3 rings (SSSR count). The van der Waals surface area contributed by atoms with Gasteiger partial charge in [0.25, 0.3) is 5.91 Å². The van der Waals surface area contributed by atoms with Gasteiger partial charge in [-0.25, -0.2) is 9.78 Å². The van der Waals surface area contributed by atoms with Crippen molar-refractivity contribution in [2.75, 3.05) is 4.90 Å². The lowest BCUT2D eigenvalue weighted by molar-refractivity contribution is -0.118. The minimum Gasteiger partial charge on any atom is -0.477 e. The van der Waals surface area contributed by atoms with Crippen molar-refractivity contribution in [3.8, 4) is 0 Å². The average Bonchev–Trinajstić information content (AvgIpc) is 2.89. The van der Waals surface area contributed by atoms with Crippen LogP contribution < -0.4 is 10.2 Å². The molecule has 0 unspecified atom stereocenters. The summed E-state index contributed by atoms with van der Waals surface area (Å²) in [4.78, 5) is 41.1. The lowest BCUT2D eigenvalue weighted by atomic mass is 10.1. The Morgan fingerprint density at radius 1 is 1.20 bits per heavy atom. The molecule has 1 aliphatic rings. The van der Waals surface area contributed by atoms with Gasteiger partial charge in [0.05, 0.1) is 5.56 Å². The van der Waals surface area contributed by atoms with E-state index in [1.165, 1.54) is 18.3 Å². The molecule has 2 N–H and O–H groups in total. The van der Waals surface area contributed by atoms with Crippen LogP contribution in [0, 0.1) is 0 Å². The molecule has 2 heterocycles. The van der Waals surface area contributed by atoms with E-state index in [1.54, 1.807) is 4.90 Å². The Kier molecular flexibility index (Phi) is 4.47. The van der Waals surface area contributed by atoms with Crippen LogP contribution in [0.3, 0.4) is 0 Å². The predicted octanol–water partition coefficient (Wildman–Crippen LogP) is 1.70. The lowest BCUT2D eigenvalue weighted by Gasteiger charge is -2.21. The van der Waals surface area contributed by atoms with Gasteiger partial charge < -0.3 is 15.3 Å². The Bertz CT molecular complexity index is 805. The van der Waals surface area contributed by atoms with Crippen molar-refractivity contribution >= 4 is 23.5 Å². The molecule has 1 aromatic heterocycles. The Hall–Kier alpha value is -3.22. The Balaban J connectivity index is 1.72. The SMILES string of the molecule is C[C@@H]1C[C@@H](NC(=O)c2ccc(C(=O)O)nc2)C(=O)N1c1ccccc1. The molecule has 0 saturated carbocycles. The van der Waals surface area contributed by atoms with E-state index in [0.29, 0.717) is 6.42 Å². The van der Waals surface area contributed by atoms with Crippen molar-refractivity contribution in [1.82, 2.24) is 10.3 Å². The quantitative estimate of drug-likeness (QED) is 0.883. The third-order valence-corrected chi connectivity index (χ3v) is 4.14. The summed E-state index contributed by atoms with van der Waals surface area (Å²) in [6.07, 6.45) is 1.69. The normalized spacial score (nSPS) is 19.7. The second-order valence-electron chi connectivity index (χ2n) is 5.89. The molecule has 0 bridgehead atoms. The first-order valence-corrected chi connectivity index (χ1v) is 7.85. The van der Waals surface area contributed by atoms with Crippen molar-refractivity contribution in [1.29, 1.82) is 0 Å². The first-order valence-electron chi connectivity index (χ1n) is 7.85. The van der Waals surface area contributed by atoms with Crippen LogP contribution in [0.25, 0.3) is 0 Å². The summed E-state index contributed by atoms with van der Waals surface area (Å²) in [6.45, 7) is 1.93. The molecular formula is C18H17N3O4. The molecule has 1 fully saturated rings. The van der Waals surface area contributed by atoms with Crippen molar-refractivity contribution in [2.24, 2.45) is 0 Å². The summed E-state index contributed by atoms with van der Waals surface area (Å²) in [7, 11) is 0. The maximum atomic E-state index is 12.6. The zero-order chi connectivity index (χ0) is 18.0. The van der Waals surface area contributed by atoms with Gasteiger partial charge in [-0.1, -0.05) is 18.2 Å². The molecule has 1 aromatic carbocycles. The molecule has 128 valence electrons. The number of carbonyl (C=O) groups is 3. The molecule has 1 saturated heterocycles. The fourth-order valence-corrected chi connectivity index (χ4v) is 2.92. The highest BCUT2D eigenvalue weighted by Gasteiger charge is 2.38. The molecule has 7 nitrogen and oxygen atoms in total. The van der Waals surface area contributed by atoms with Gasteiger partial charge in [0.15, 0.2) is 0 Å². The lowest BCUT2D eigenvalue weighted by Crippen LogP contribution is -2.42. The summed E-state index contributed by atoms with van der Waals surface area (Å²) in [5.74, 6) is -1.78. The van der Waals surface area contributed by atoms with Crippen molar-refractivity contribution in [2.45, 2.75) is 25.4 Å². The third-order valence-electron chi connectivity index (χ3n) is 4.14. The topological polar surface area (TPSA) is 99.6 Å². The van der Waals surface area contributed by atoms with Crippen LogP contribution >= 0.6 is 0 Å². The Morgan fingerprint density at radius 3 is 2.52 bits per heavy atom. The predicted molar refractivity (Wildman–Crippen MR) is 90.5 cm³/mol. The molecule has 0 spiro atoms. The number of carbonyl (C=O) groups excluding carboxylic acids is 2. The van der Waals surface area contributed by atoms with E-state index in [9.17, 15) is 14.4 Å². The molecule has 2 aromatic rings. The van der Waals surface area contributed by atoms with Crippen LogP contribution in [0.4, 0.5) is 5.69 Å². The van der Waals surface area contributed by atoms with Gasteiger partial charge in [0, 0.05) is 17.9 Å². The fourth-order valence-electron chi connectivity index (χ4n) is 2.92. The van der Waals surface area contributed by atoms with Crippen molar-refractivity contribution in [3.63, 3.8) is 0 Å². The van der Waals surface area contributed by atoms with E-state index >= 15 is 0 Å². The van der Waals surface area contributed by atoms with E-state index in [2.05, 4.69) is 10.3 Å². The number of anilines is 1. The van der Waals surface area contributed by atoms with E-state index in [4.69, 9.17) is 5.11 Å². The first-order chi connectivity index (χ1) is 12.0. The molecule has 25 heavy (non-hydrogen) atoms. The summed E-state index contributed by atoms with van der Waals surface area (Å²) in [6, 6.07) is 11.3. The highest BCUT2D eigenvalue weighted by molar-refractivity contribution is 6.04. The highest BCUT2D eigenvalue weighted by atomic mass is 16.4. The molecule has 2 atom stereocenters. The molecular weight excluding hydrogens is 322 g/mol. The number of amides is 2. The standard InChI is InChI=1S/C18H17N3O4/c1-11-9-15(17(23)21(11)13-5-3-2-4-6-13)20-16(22)12-7-8-14(18(24)25)19-10-12/h2-8,10-11,15H,9H2,1H3,(H,20,22)(H,24,25)/t11-,15-/m1/s1. The van der Waals surface area contributed by atoms with Gasteiger partial charge in [-0.15, -0.1) is 0 Å². The van der Waals surface area contributed by atoms with Crippen LogP contribution in [-0.2, 0) is 4.79 Å². The van der Waals surface area contributed by atoms with Gasteiger partial charge >= 0.3 is 5.97 Å². The molecule has 1 aliphatic heterocycles. The monoisotopic (exact) mass is 339 g/mol. The molecule has 7 heteroatoms. The Labute approximate surface area is 144 Å². The number of pyridine rings is 1. The number of hydrogen-bond acceptors (Lipinski definition) is 4. The fraction of sp³-hybridized carbons (Fsp3) is 0.222. The van der Waals surface area contributed by atoms with Crippen LogP contribution in [0.1, 0.15) is 34.2 Å². The van der Waals surface area contributed by atoms with Crippen LogP contribution in [0.15, 0.2) is 48.7 Å². The second kappa shape index (κ2) is 6.72. The maximum Gasteiger partial charge on any atom is 0.354 e. The minimum atomic E-state index is -1.16. The summed E-state index contributed by atoms with van der Waals surface area (Å²) < 4.78 is 0. The van der Waals surface area contributed by atoms with Crippen LogP contribution in [0.5, 0.6) is 0 Å². The number of rotatable bonds is 4. The number of nitrogens with one attached hydrogen (secondary N) is 1. The molecule has 0 aliphatic carbocycles. The van der Waals surface area contributed by atoms with E-state index in [0.717, 1.165) is 5.69 Å². The van der Waals surface area contributed by atoms with Gasteiger partial charge in [-0.3, -0.25) is 9.59 Å². The van der Waals surface area contributed by atoms with Gasteiger partial charge in [-0.05, 0) is 37.6 Å². The highest BCUT2D eigenvalue weighted by Crippen LogP contribution is 2.26. The molecule has 2 amide bonds. The largest absolute Gasteiger partial charge is 0.477 e. The third kappa shape index (κ3) is 3.35.